The molecule has 0 radical (unpaired) electrons. The third-order valence-corrected chi connectivity index (χ3v) is 8.46. The lowest BCUT2D eigenvalue weighted by atomic mass is 9.69. The minimum absolute atomic E-state index is 0.0855. The zero-order valence-electron chi connectivity index (χ0n) is 19.9. The van der Waals surface area contributed by atoms with E-state index in [1.807, 2.05) is 30.3 Å². The Labute approximate surface area is 195 Å². The third kappa shape index (κ3) is 3.81. The first-order valence-corrected chi connectivity index (χ1v) is 12.2. The van der Waals surface area contributed by atoms with Crippen molar-refractivity contribution in [3.8, 4) is 0 Å². The Kier molecular flexibility index (Phi) is 5.65. The number of rotatable bonds is 6. The standard InChI is InChI=1S/C27H34O6/c1-16(2)27-14-21(31-25(29)20-15-30-20)26(4,33-27)19-12-10-17(3)23(19)24(27)32-22(28)13-11-18-8-6-5-7-9-18/h5-9,11,13,16-17,19-21,23-24H,10,12,14-15H2,1-4H3/b13-11+/t17-,19-,20+,21-,23-,24+,26+,27-/m1/s1. The quantitative estimate of drug-likeness (QED) is 0.365. The van der Waals surface area contributed by atoms with Crippen LogP contribution >= 0.6 is 0 Å². The molecule has 5 rings (SSSR count). The second kappa shape index (κ2) is 8.24. The van der Waals surface area contributed by atoms with Crippen molar-refractivity contribution in [2.24, 2.45) is 23.7 Å². The van der Waals surface area contributed by atoms with Crippen LogP contribution in [0.1, 0.15) is 52.5 Å². The number of carbonyl (C=O) groups is 2. The topological polar surface area (TPSA) is 74.4 Å². The average molecular weight is 455 g/mol. The summed E-state index contributed by atoms with van der Waals surface area (Å²) in [5.74, 6) is 0.145. The fourth-order valence-electron chi connectivity index (χ4n) is 6.54. The molecule has 0 unspecified atom stereocenters. The molecule has 6 heteroatoms. The largest absolute Gasteiger partial charge is 0.457 e. The molecular formula is C27H34O6. The van der Waals surface area contributed by atoms with Crippen LogP contribution in [0.25, 0.3) is 6.08 Å². The number of hydrogen-bond acceptors (Lipinski definition) is 6. The first-order chi connectivity index (χ1) is 15.7. The molecule has 2 bridgehead atoms. The molecule has 1 aromatic carbocycles. The number of carbonyl (C=O) groups excluding carboxylic acids is 2. The summed E-state index contributed by atoms with van der Waals surface area (Å²) >= 11 is 0. The molecule has 1 aliphatic carbocycles. The van der Waals surface area contributed by atoms with E-state index in [2.05, 4.69) is 27.7 Å². The van der Waals surface area contributed by atoms with Crippen LogP contribution < -0.4 is 0 Å². The van der Waals surface area contributed by atoms with E-state index < -0.39 is 17.3 Å². The van der Waals surface area contributed by atoms with Gasteiger partial charge in [0.15, 0.2) is 6.10 Å². The third-order valence-electron chi connectivity index (χ3n) is 8.46. The van der Waals surface area contributed by atoms with Gasteiger partial charge in [-0.2, -0.15) is 0 Å². The lowest BCUT2D eigenvalue weighted by molar-refractivity contribution is -0.264. The van der Waals surface area contributed by atoms with Gasteiger partial charge in [0, 0.05) is 18.4 Å². The lowest BCUT2D eigenvalue weighted by Gasteiger charge is -2.52. The van der Waals surface area contributed by atoms with Gasteiger partial charge in [0.2, 0.25) is 0 Å². The highest BCUT2D eigenvalue weighted by Crippen LogP contribution is 2.63. The summed E-state index contributed by atoms with van der Waals surface area (Å²) in [5, 5.41) is 0. The number of epoxide rings is 1. The predicted octanol–water partition coefficient (Wildman–Crippen LogP) is 4.17. The molecule has 33 heavy (non-hydrogen) atoms. The van der Waals surface area contributed by atoms with Gasteiger partial charge in [-0.15, -0.1) is 0 Å². The summed E-state index contributed by atoms with van der Waals surface area (Å²) in [4.78, 5) is 25.5. The molecule has 178 valence electrons. The molecule has 1 aromatic rings. The van der Waals surface area contributed by atoms with E-state index in [1.165, 1.54) is 6.08 Å². The van der Waals surface area contributed by atoms with Gasteiger partial charge in [0.25, 0.3) is 0 Å². The smallest absolute Gasteiger partial charge is 0.338 e. The zero-order chi connectivity index (χ0) is 23.4. The Morgan fingerprint density at radius 3 is 2.55 bits per heavy atom. The van der Waals surface area contributed by atoms with Gasteiger partial charge >= 0.3 is 11.9 Å². The second-order valence-corrected chi connectivity index (χ2v) is 10.7. The van der Waals surface area contributed by atoms with Gasteiger partial charge in [-0.25, -0.2) is 9.59 Å². The van der Waals surface area contributed by atoms with Crippen LogP contribution in [-0.2, 0) is 28.5 Å². The Balaban J connectivity index is 1.44. The van der Waals surface area contributed by atoms with Crippen molar-refractivity contribution in [3.63, 3.8) is 0 Å². The van der Waals surface area contributed by atoms with Crippen molar-refractivity contribution in [2.75, 3.05) is 6.61 Å². The van der Waals surface area contributed by atoms with Gasteiger partial charge in [-0.05, 0) is 49.2 Å². The van der Waals surface area contributed by atoms with E-state index in [1.54, 1.807) is 6.08 Å². The maximum atomic E-state index is 13.0. The van der Waals surface area contributed by atoms with Gasteiger partial charge in [-0.3, -0.25) is 0 Å². The highest BCUT2D eigenvalue weighted by atomic mass is 16.7. The van der Waals surface area contributed by atoms with Crippen LogP contribution in [0.2, 0.25) is 0 Å². The fourth-order valence-corrected chi connectivity index (χ4v) is 6.54. The average Bonchev–Trinajstić information content (AvgIpc) is 3.51. The van der Waals surface area contributed by atoms with Crippen LogP contribution in [-0.4, -0.2) is 48.1 Å². The predicted molar refractivity (Wildman–Crippen MR) is 122 cm³/mol. The molecular weight excluding hydrogens is 420 g/mol. The number of ether oxygens (including phenoxy) is 4. The van der Waals surface area contributed by atoms with Gasteiger partial charge in [0.1, 0.15) is 23.4 Å². The summed E-state index contributed by atoms with van der Waals surface area (Å²) in [6, 6.07) is 9.71. The summed E-state index contributed by atoms with van der Waals surface area (Å²) in [5.41, 5.74) is -0.338. The molecule has 3 heterocycles. The van der Waals surface area contributed by atoms with Crippen molar-refractivity contribution in [2.45, 2.75) is 76.5 Å². The van der Waals surface area contributed by atoms with Gasteiger partial charge in [0.05, 0.1) is 6.61 Å². The van der Waals surface area contributed by atoms with Gasteiger partial charge < -0.3 is 18.9 Å². The maximum absolute atomic E-state index is 13.0. The molecule has 3 saturated heterocycles. The molecule has 8 atom stereocenters. The van der Waals surface area contributed by atoms with Crippen molar-refractivity contribution in [3.05, 3.63) is 42.0 Å². The number of benzene rings is 1. The van der Waals surface area contributed by atoms with Crippen LogP contribution in [0.4, 0.5) is 0 Å². The summed E-state index contributed by atoms with van der Waals surface area (Å²) in [6.07, 6.45) is 4.62. The monoisotopic (exact) mass is 454 g/mol. The number of hydrogen-bond donors (Lipinski definition) is 0. The molecule has 3 aliphatic heterocycles. The van der Waals surface area contributed by atoms with Crippen molar-refractivity contribution in [1.82, 2.24) is 0 Å². The van der Waals surface area contributed by atoms with E-state index in [-0.39, 0.29) is 41.9 Å². The SMILES string of the molecule is CC(C)[C@@]12C[C@@H](OC(=O)[C@@H]3CO3)[C@@](C)(O1)[C@@H]1CC[C@@H](C)[C@H]1[C@@H]2OC(=O)/C=C/c1ccccc1. The summed E-state index contributed by atoms with van der Waals surface area (Å²) < 4.78 is 24.2. The van der Waals surface area contributed by atoms with Gasteiger partial charge in [-0.1, -0.05) is 51.1 Å². The van der Waals surface area contributed by atoms with Crippen molar-refractivity contribution in [1.29, 1.82) is 0 Å². The highest BCUT2D eigenvalue weighted by molar-refractivity contribution is 5.87. The molecule has 0 spiro atoms. The normalized spacial score (nSPS) is 41.2. The Bertz CT molecular complexity index is 937. The van der Waals surface area contributed by atoms with Crippen molar-refractivity contribution < 1.29 is 28.5 Å². The number of fused-ring (bicyclic) bond motifs is 4. The molecule has 0 amide bonds. The summed E-state index contributed by atoms with van der Waals surface area (Å²) in [7, 11) is 0. The van der Waals surface area contributed by atoms with Crippen LogP contribution in [0, 0.1) is 23.7 Å². The second-order valence-electron chi connectivity index (χ2n) is 10.7. The van der Waals surface area contributed by atoms with Crippen LogP contribution in [0.15, 0.2) is 36.4 Å². The van der Waals surface area contributed by atoms with Crippen molar-refractivity contribution >= 4 is 18.0 Å². The first-order valence-electron chi connectivity index (χ1n) is 12.2. The molecule has 6 nitrogen and oxygen atoms in total. The number of esters is 2. The molecule has 4 fully saturated rings. The van der Waals surface area contributed by atoms with Crippen LogP contribution in [0.3, 0.4) is 0 Å². The molecule has 0 N–H and O–H groups in total. The van der Waals surface area contributed by atoms with E-state index in [9.17, 15) is 9.59 Å². The minimum atomic E-state index is -0.694. The van der Waals surface area contributed by atoms with E-state index in [4.69, 9.17) is 18.9 Å². The lowest BCUT2D eigenvalue weighted by Crippen LogP contribution is -2.62. The fraction of sp³-hybridized carbons (Fsp3) is 0.630. The molecule has 1 saturated carbocycles. The molecule has 0 aromatic heterocycles. The first kappa shape index (κ1) is 22.6. The zero-order valence-corrected chi connectivity index (χ0v) is 19.9. The Hall–Kier alpha value is -2.18. The minimum Gasteiger partial charge on any atom is -0.457 e. The maximum Gasteiger partial charge on any atom is 0.338 e. The van der Waals surface area contributed by atoms with Crippen LogP contribution in [0.5, 0.6) is 0 Å². The van der Waals surface area contributed by atoms with E-state index in [0.717, 1.165) is 18.4 Å². The molecule has 4 aliphatic rings. The summed E-state index contributed by atoms with van der Waals surface area (Å²) in [6.45, 7) is 8.97. The Morgan fingerprint density at radius 2 is 1.88 bits per heavy atom. The van der Waals surface area contributed by atoms with E-state index in [0.29, 0.717) is 18.9 Å². The Morgan fingerprint density at radius 1 is 1.15 bits per heavy atom. The van der Waals surface area contributed by atoms with E-state index >= 15 is 0 Å². The highest BCUT2D eigenvalue weighted by Gasteiger charge is 2.72.